The number of hydrogen-bond acceptors (Lipinski definition) is 5. The minimum Gasteiger partial charge on any atom is -0.486 e. The molecule has 166 valence electrons. The summed E-state index contributed by atoms with van der Waals surface area (Å²) < 4.78 is 38.1. The Morgan fingerprint density at radius 2 is 1.71 bits per heavy atom. The van der Waals surface area contributed by atoms with E-state index in [2.05, 4.69) is 0 Å². The largest absolute Gasteiger partial charge is 0.486 e. The van der Waals surface area contributed by atoms with Crippen molar-refractivity contribution in [3.8, 4) is 11.5 Å². The highest BCUT2D eigenvalue weighted by atomic mass is 32.2. The van der Waals surface area contributed by atoms with Gasteiger partial charge in [0.2, 0.25) is 10.0 Å². The zero-order chi connectivity index (χ0) is 22.0. The van der Waals surface area contributed by atoms with Gasteiger partial charge in [0.1, 0.15) is 13.2 Å². The molecule has 1 atom stereocenters. The Bertz CT molecular complexity index is 1050. The predicted octanol–water partition coefficient (Wildman–Crippen LogP) is 3.47. The Morgan fingerprint density at radius 1 is 1.03 bits per heavy atom. The monoisotopic (exact) mass is 444 g/mol. The Labute approximate surface area is 183 Å². The number of nitrogens with zero attached hydrogens (tertiary/aromatic N) is 2. The molecule has 2 aliphatic heterocycles. The van der Waals surface area contributed by atoms with Crippen molar-refractivity contribution in [3.63, 3.8) is 0 Å². The quantitative estimate of drug-likeness (QED) is 0.682. The van der Waals surface area contributed by atoms with Crippen molar-refractivity contribution in [2.24, 2.45) is 0 Å². The molecule has 1 saturated heterocycles. The van der Waals surface area contributed by atoms with E-state index in [1.165, 1.54) is 16.4 Å². The molecule has 8 heteroatoms. The number of ether oxygens (including phenoxy) is 2. The molecule has 0 N–H and O–H groups in total. The van der Waals surface area contributed by atoms with Crippen molar-refractivity contribution in [3.05, 3.63) is 53.6 Å². The maximum absolute atomic E-state index is 13.2. The van der Waals surface area contributed by atoms with Crippen LogP contribution in [0.1, 0.15) is 48.7 Å². The molecule has 2 heterocycles. The highest BCUT2D eigenvalue weighted by molar-refractivity contribution is 7.89. The van der Waals surface area contributed by atoms with E-state index in [-0.39, 0.29) is 16.8 Å². The van der Waals surface area contributed by atoms with Gasteiger partial charge in [-0.15, -0.1) is 0 Å². The van der Waals surface area contributed by atoms with Crippen molar-refractivity contribution in [2.45, 2.75) is 37.6 Å². The van der Waals surface area contributed by atoms with Crippen LogP contribution in [0.5, 0.6) is 11.5 Å². The molecule has 0 radical (unpaired) electrons. The first-order chi connectivity index (χ1) is 15.0. The Kier molecular flexibility index (Phi) is 6.20. The van der Waals surface area contributed by atoms with Gasteiger partial charge >= 0.3 is 0 Å². The van der Waals surface area contributed by atoms with Crippen LogP contribution >= 0.6 is 0 Å². The average molecular weight is 445 g/mol. The van der Waals surface area contributed by atoms with Gasteiger partial charge in [0.25, 0.3) is 5.91 Å². The summed E-state index contributed by atoms with van der Waals surface area (Å²) in [5.41, 5.74) is 1.51. The molecule has 2 aliphatic rings. The summed E-state index contributed by atoms with van der Waals surface area (Å²) in [5, 5.41) is 0. The number of carbonyl (C=O) groups excluding carboxylic acids is 1. The van der Waals surface area contributed by atoms with E-state index in [0.717, 1.165) is 24.2 Å². The van der Waals surface area contributed by atoms with Crippen LogP contribution in [0.3, 0.4) is 0 Å². The lowest BCUT2D eigenvalue weighted by atomic mass is 10.0. The lowest BCUT2D eigenvalue weighted by Crippen LogP contribution is -2.31. The molecule has 1 fully saturated rings. The number of rotatable bonds is 6. The number of carbonyl (C=O) groups is 1. The third kappa shape index (κ3) is 4.14. The lowest BCUT2D eigenvalue weighted by Gasteiger charge is -2.27. The second-order valence-electron chi connectivity index (χ2n) is 7.67. The first-order valence-corrected chi connectivity index (χ1v) is 12.2. The van der Waals surface area contributed by atoms with Gasteiger partial charge in [0.15, 0.2) is 11.5 Å². The molecule has 0 aromatic heterocycles. The number of likely N-dealkylation sites (tertiary alicyclic amines) is 1. The van der Waals surface area contributed by atoms with Crippen molar-refractivity contribution in [1.29, 1.82) is 0 Å². The van der Waals surface area contributed by atoms with Crippen LogP contribution in [-0.4, -0.2) is 56.4 Å². The molecule has 31 heavy (non-hydrogen) atoms. The number of amides is 1. The molecule has 0 bridgehead atoms. The van der Waals surface area contributed by atoms with Gasteiger partial charge in [-0.05, 0) is 54.8 Å². The van der Waals surface area contributed by atoms with Crippen molar-refractivity contribution < 1.29 is 22.7 Å². The smallest absolute Gasteiger partial charge is 0.254 e. The normalized spacial score (nSPS) is 18.4. The fraction of sp³-hybridized carbons (Fsp3) is 0.435. The predicted molar refractivity (Wildman–Crippen MR) is 117 cm³/mol. The summed E-state index contributed by atoms with van der Waals surface area (Å²) in [4.78, 5) is 15.3. The minimum absolute atomic E-state index is 0.0394. The zero-order valence-corrected chi connectivity index (χ0v) is 18.7. The molecular weight excluding hydrogens is 416 g/mol. The molecule has 1 amide bonds. The van der Waals surface area contributed by atoms with Crippen LogP contribution in [0.4, 0.5) is 0 Å². The zero-order valence-electron chi connectivity index (χ0n) is 17.9. The molecule has 4 rings (SSSR count). The topological polar surface area (TPSA) is 76.2 Å². The van der Waals surface area contributed by atoms with E-state index in [1.807, 2.05) is 36.9 Å². The first-order valence-electron chi connectivity index (χ1n) is 10.8. The number of benzene rings is 2. The van der Waals surface area contributed by atoms with E-state index in [1.54, 1.807) is 12.1 Å². The molecule has 2 aromatic rings. The van der Waals surface area contributed by atoms with Crippen molar-refractivity contribution in [2.75, 3.05) is 32.8 Å². The van der Waals surface area contributed by atoms with Gasteiger partial charge in [-0.2, -0.15) is 4.31 Å². The van der Waals surface area contributed by atoms with Gasteiger partial charge in [0.05, 0.1) is 10.9 Å². The Morgan fingerprint density at radius 3 is 2.39 bits per heavy atom. The average Bonchev–Trinajstić information content (AvgIpc) is 3.29. The number of hydrogen-bond donors (Lipinski definition) is 0. The molecule has 0 aliphatic carbocycles. The summed E-state index contributed by atoms with van der Waals surface area (Å²) in [6.45, 7) is 6.16. The number of sulfonamides is 1. The van der Waals surface area contributed by atoms with Crippen LogP contribution in [0, 0.1) is 0 Å². The minimum atomic E-state index is -3.54. The number of fused-ring (bicyclic) bond motifs is 1. The van der Waals surface area contributed by atoms with Gasteiger partial charge in [-0.1, -0.05) is 19.9 Å². The molecular formula is C23H28N2O5S. The summed E-state index contributed by atoms with van der Waals surface area (Å²) in [7, 11) is -3.54. The highest BCUT2D eigenvalue weighted by Crippen LogP contribution is 2.38. The molecule has 0 unspecified atom stereocenters. The van der Waals surface area contributed by atoms with E-state index in [4.69, 9.17) is 9.47 Å². The molecule has 2 aromatic carbocycles. The summed E-state index contributed by atoms with van der Waals surface area (Å²) in [6.07, 6.45) is 1.79. The fourth-order valence-corrected chi connectivity index (χ4v) is 5.73. The van der Waals surface area contributed by atoms with Gasteiger partial charge in [-0.3, -0.25) is 4.79 Å². The molecule has 0 saturated carbocycles. The second kappa shape index (κ2) is 8.88. The SMILES string of the molecule is CCN(CC)S(=O)(=O)c1ccc(C(=O)N2CCC[C@@H]2c2ccc3c(c2)OCCO3)cc1. The third-order valence-electron chi connectivity index (χ3n) is 5.91. The van der Waals surface area contributed by atoms with Gasteiger partial charge in [0, 0.05) is 25.2 Å². The maximum atomic E-state index is 13.2. The summed E-state index contributed by atoms with van der Waals surface area (Å²) in [5.74, 6) is 1.36. The van der Waals surface area contributed by atoms with Crippen molar-refractivity contribution >= 4 is 15.9 Å². The lowest BCUT2D eigenvalue weighted by molar-refractivity contribution is 0.0735. The van der Waals surface area contributed by atoms with E-state index >= 15 is 0 Å². The summed E-state index contributed by atoms with van der Waals surface area (Å²) >= 11 is 0. The van der Waals surface area contributed by atoms with Crippen molar-refractivity contribution in [1.82, 2.24) is 9.21 Å². The standard InChI is InChI=1S/C23H28N2O5S/c1-3-24(4-2)31(27,28)19-10-7-17(8-11-19)23(26)25-13-5-6-20(25)18-9-12-21-22(16-18)30-15-14-29-21/h7-12,16,20H,3-6,13-15H2,1-2H3/t20-/m1/s1. The summed E-state index contributed by atoms with van der Waals surface area (Å²) in [6, 6.07) is 12.1. The Hall–Kier alpha value is -2.58. The van der Waals surface area contributed by atoms with E-state index < -0.39 is 10.0 Å². The second-order valence-corrected chi connectivity index (χ2v) is 9.61. The van der Waals surface area contributed by atoms with Gasteiger partial charge in [-0.25, -0.2) is 8.42 Å². The molecule has 0 spiro atoms. The highest BCUT2D eigenvalue weighted by Gasteiger charge is 2.32. The van der Waals surface area contributed by atoms with Crippen LogP contribution in [0.15, 0.2) is 47.4 Å². The molecule has 7 nitrogen and oxygen atoms in total. The van der Waals surface area contributed by atoms with E-state index in [0.29, 0.717) is 44.2 Å². The first kappa shape index (κ1) is 21.6. The Balaban J connectivity index is 1.55. The maximum Gasteiger partial charge on any atom is 0.254 e. The van der Waals surface area contributed by atoms with Crippen LogP contribution in [-0.2, 0) is 10.0 Å². The van der Waals surface area contributed by atoms with E-state index in [9.17, 15) is 13.2 Å². The third-order valence-corrected chi connectivity index (χ3v) is 7.97. The van der Waals surface area contributed by atoms with Crippen LogP contribution < -0.4 is 9.47 Å². The van der Waals surface area contributed by atoms with Gasteiger partial charge < -0.3 is 14.4 Å². The fourth-order valence-electron chi connectivity index (χ4n) is 4.27. The van der Waals surface area contributed by atoms with Crippen LogP contribution in [0.2, 0.25) is 0 Å². The van der Waals surface area contributed by atoms with Crippen LogP contribution in [0.25, 0.3) is 0 Å².